The summed E-state index contributed by atoms with van der Waals surface area (Å²) in [5.74, 6) is 0. The Kier molecular flexibility index (Phi) is 2.65. The highest BCUT2D eigenvalue weighted by Crippen LogP contribution is 2.20. The van der Waals surface area contributed by atoms with Crippen LogP contribution in [-0.2, 0) is 0 Å². The zero-order valence-corrected chi connectivity index (χ0v) is 9.23. The molecule has 0 aliphatic heterocycles. The van der Waals surface area contributed by atoms with Gasteiger partial charge in [-0.05, 0) is 38.1 Å². The van der Waals surface area contributed by atoms with Gasteiger partial charge >= 0.3 is 0 Å². The van der Waals surface area contributed by atoms with Gasteiger partial charge in [0.2, 0.25) is 0 Å². The van der Waals surface area contributed by atoms with E-state index in [-0.39, 0.29) is 0 Å². The lowest BCUT2D eigenvalue weighted by molar-refractivity contribution is 1.14. The molecule has 0 N–H and O–H groups in total. The van der Waals surface area contributed by atoms with E-state index in [0.29, 0.717) is 5.69 Å². The van der Waals surface area contributed by atoms with Gasteiger partial charge in [-0.2, -0.15) is 5.26 Å². The van der Waals surface area contributed by atoms with Gasteiger partial charge in [0.05, 0.1) is 5.69 Å². The van der Waals surface area contributed by atoms with E-state index >= 15 is 0 Å². The third kappa shape index (κ3) is 1.91. The first-order valence-corrected chi connectivity index (χ1v) is 5.02. The van der Waals surface area contributed by atoms with Crippen molar-refractivity contribution in [1.82, 2.24) is 9.97 Å². The third-order valence-corrected chi connectivity index (χ3v) is 2.30. The van der Waals surface area contributed by atoms with Crippen molar-refractivity contribution < 1.29 is 0 Å². The molecule has 0 fully saturated rings. The van der Waals surface area contributed by atoms with Crippen LogP contribution in [0.4, 0.5) is 0 Å². The molecule has 2 heterocycles. The van der Waals surface area contributed by atoms with E-state index in [2.05, 4.69) is 16.0 Å². The number of nitriles is 1. The molecule has 0 radical (unpaired) electrons. The zero-order valence-electron chi connectivity index (χ0n) is 9.23. The fourth-order valence-electron chi connectivity index (χ4n) is 1.54. The van der Waals surface area contributed by atoms with E-state index < -0.39 is 0 Å². The molecule has 2 aromatic heterocycles. The second kappa shape index (κ2) is 4.11. The lowest BCUT2D eigenvalue weighted by atomic mass is 10.1. The topological polar surface area (TPSA) is 49.6 Å². The molecule has 0 unspecified atom stereocenters. The number of hydrogen-bond donors (Lipinski definition) is 0. The number of nitrogens with zero attached hydrogens (tertiary/aromatic N) is 3. The molecule has 0 saturated heterocycles. The van der Waals surface area contributed by atoms with Crippen molar-refractivity contribution >= 4 is 0 Å². The maximum Gasteiger partial charge on any atom is 0.150 e. The van der Waals surface area contributed by atoms with Crippen molar-refractivity contribution in [1.29, 1.82) is 5.26 Å². The Morgan fingerprint density at radius 1 is 1.00 bits per heavy atom. The minimum absolute atomic E-state index is 0.429. The van der Waals surface area contributed by atoms with Crippen LogP contribution in [0.2, 0.25) is 0 Å². The normalized spacial score (nSPS) is 9.81. The number of hydrogen-bond acceptors (Lipinski definition) is 3. The summed E-state index contributed by atoms with van der Waals surface area (Å²) in [5.41, 5.74) is 3.79. The lowest BCUT2D eigenvalue weighted by Gasteiger charge is -2.04. The molecule has 0 atom stereocenters. The summed E-state index contributed by atoms with van der Waals surface area (Å²) in [6.07, 6.45) is 0. The van der Waals surface area contributed by atoms with Gasteiger partial charge in [0.15, 0.2) is 0 Å². The average Bonchev–Trinajstić information content (AvgIpc) is 2.28. The third-order valence-electron chi connectivity index (χ3n) is 2.30. The van der Waals surface area contributed by atoms with E-state index in [1.807, 2.05) is 44.2 Å². The highest BCUT2D eigenvalue weighted by molar-refractivity contribution is 5.65. The van der Waals surface area contributed by atoms with Crippen LogP contribution in [0, 0.1) is 25.2 Å². The molecule has 0 aliphatic rings. The van der Waals surface area contributed by atoms with E-state index in [9.17, 15) is 0 Å². The number of pyridine rings is 2. The highest BCUT2D eigenvalue weighted by atomic mass is 14.7. The molecule has 0 saturated carbocycles. The van der Waals surface area contributed by atoms with Gasteiger partial charge in [-0.25, -0.2) is 4.98 Å². The summed E-state index contributed by atoms with van der Waals surface area (Å²) in [6, 6.07) is 11.6. The van der Waals surface area contributed by atoms with Crippen LogP contribution >= 0.6 is 0 Å². The Hall–Kier alpha value is -2.21. The first-order chi connectivity index (χ1) is 7.70. The van der Waals surface area contributed by atoms with Crippen LogP contribution in [0.25, 0.3) is 11.3 Å². The van der Waals surface area contributed by atoms with Gasteiger partial charge in [-0.15, -0.1) is 0 Å². The molecule has 0 spiro atoms. The molecule has 16 heavy (non-hydrogen) atoms. The summed E-state index contributed by atoms with van der Waals surface area (Å²) in [6.45, 7) is 3.80. The summed E-state index contributed by atoms with van der Waals surface area (Å²) in [4.78, 5) is 8.59. The van der Waals surface area contributed by atoms with Gasteiger partial charge in [0, 0.05) is 17.0 Å². The maximum atomic E-state index is 9.03. The first kappa shape index (κ1) is 10.3. The molecule has 2 rings (SSSR count). The van der Waals surface area contributed by atoms with Crippen molar-refractivity contribution in [2.75, 3.05) is 0 Å². The predicted molar refractivity (Wildman–Crippen MR) is 61.7 cm³/mol. The van der Waals surface area contributed by atoms with Gasteiger partial charge in [-0.3, -0.25) is 4.98 Å². The molecule has 0 bridgehead atoms. The van der Waals surface area contributed by atoms with E-state index in [1.165, 1.54) is 0 Å². The van der Waals surface area contributed by atoms with Gasteiger partial charge < -0.3 is 0 Å². The Labute approximate surface area is 94.4 Å². The van der Waals surface area contributed by atoms with Crippen molar-refractivity contribution in [3.05, 3.63) is 47.4 Å². The largest absolute Gasteiger partial charge is 0.253 e. The summed E-state index contributed by atoms with van der Waals surface area (Å²) in [7, 11) is 0. The van der Waals surface area contributed by atoms with Crippen LogP contribution in [0.15, 0.2) is 30.3 Å². The van der Waals surface area contributed by atoms with Crippen molar-refractivity contribution in [3.63, 3.8) is 0 Å². The molecule has 0 amide bonds. The predicted octanol–water partition coefficient (Wildman–Crippen LogP) is 2.63. The van der Waals surface area contributed by atoms with Gasteiger partial charge in [0.25, 0.3) is 0 Å². The minimum Gasteiger partial charge on any atom is -0.253 e. The Morgan fingerprint density at radius 2 is 1.75 bits per heavy atom. The summed E-state index contributed by atoms with van der Waals surface area (Å²) >= 11 is 0. The molecule has 0 aliphatic carbocycles. The molecular formula is C13H11N3. The molecule has 78 valence electrons. The van der Waals surface area contributed by atoms with Crippen molar-refractivity contribution in [3.8, 4) is 17.3 Å². The fourth-order valence-corrected chi connectivity index (χ4v) is 1.54. The number of aromatic nitrogens is 2. The van der Waals surface area contributed by atoms with Crippen LogP contribution < -0.4 is 0 Å². The van der Waals surface area contributed by atoms with Crippen LogP contribution in [0.5, 0.6) is 0 Å². The average molecular weight is 209 g/mol. The molecule has 3 heteroatoms. The quantitative estimate of drug-likeness (QED) is 0.725. The molecular weight excluding hydrogens is 198 g/mol. The second-order valence-electron chi connectivity index (χ2n) is 3.62. The van der Waals surface area contributed by atoms with E-state index in [4.69, 9.17) is 5.26 Å². The zero-order chi connectivity index (χ0) is 11.5. The van der Waals surface area contributed by atoms with Crippen molar-refractivity contribution in [2.24, 2.45) is 0 Å². The lowest BCUT2D eigenvalue weighted by Crippen LogP contribution is -1.94. The Balaban J connectivity index is 2.61. The first-order valence-electron chi connectivity index (χ1n) is 5.02. The summed E-state index contributed by atoms with van der Waals surface area (Å²) < 4.78 is 0. The van der Waals surface area contributed by atoms with Crippen molar-refractivity contribution in [2.45, 2.75) is 13.8 Å². The Morgan fingerprint density at radius 3 is 2.44 bits per heavy atom. The van der Waals surface area contributed by atoms with E-state index in [0.717, 1.165) is 22.6 Å². The molecule has 2 aromatic rings. The maximum absolute atomic E-state index is 9.03. The second-order valence-corrected chi connectivity index (χ2v) is 3.62. The minimum atomic E-state index is 0.429. The van der Waals surface area contributed by atoms with Crippen LogP contribution in [0.3, 0.4) is 0 Å². The monoisotopic (exact) mass is 209 g/mol. The number of aryl methyl sites for hydroxylation is 2. The van der Waals surface area contributed by atoms with Crippen LogP contribution in [0.1, 0.15) is 17.1 Å². The van der Waals surface area contributed by atoms with Crippen LogP contribution in [-0.4, -0.2) is 9.97 Å². The van der Waals surface area contributed by atoms with Gasteiger partial charge in [0.1, 0.15) is 11.8 Å². The molecule has 0 aromatic carbocycles. The SMILES string of the molecule is Cc1cccc(-c2ccc(C)nc2C#N)n1. The summed E-state index contributed by atoms with van der Waals surface area (Å²) in [5, 5.41) is 9.03. The smallest absolute Gasteiger partial charge is 0.150 e. The Bertz CT molecular complexity index is 568. The number of rotatable bonds is 1. The molecule has 3 nitrogen and oxygen atoms in total. The fraction of sp³-hybridized carbons (Fsp3) is 0.154. The highest BCUT2D eigenvalue weighted by Gasteiger charge is 2.07. The van der Waals surface area contributed by atoms with E-state index in [1.54, 1.807) is 0 Å². The van der Waals surface area contributed by atoms with Gasteiger partial charge in [-0.1, -0.05) is 6.07 Å². The standard InChI is InChI=1S/C13H11N3/c1-9-4-3-5-12(15-9)11-7-6-10(2)16-13(11)8-14/h3-7H,1-2H3.